The van der Waals surface area contributed by atoms with Gasteiger partial charge in [0.15, 0.2) is 15.6 Å². The fraction of sp³-hybridized carbons (Fsp3) is 0.438. The molecule has 1 saturated heterocycles. The van der Waals surface area contributed by atoms with Gasteiger partial charge >= 0.3 is 0 Å². The van der Waals surface area contributed by atoms with Gasteiger partial charge in [0.25, 0.3) is 0 Å². The molecule has 25 heavy (non-hydrogen) atoms. The van der Waals surface area contributed by atoms with E-state index in [1.807, 2.05) is 5.38 Å². The van der Waals surface area contributed by atoms with Crippen molar-refractivity contribution in [2.75, 3.05) is 16.8 Å². The Morgan fingerprint density at radius 3 is 2.84 bits per heavy atom. The Labute approximate surface area is 150 Å². The van der Waals surface area contributed by atoms with Crippen molar-refractivity contribution in [1.29, 1.82) is 0 Å². The van der Waals surface area contributed by atoms with Gasteiger partial charge in [0.2, 0.25) is 5.91 Å². The Hall–Kier alpha value is -2.00. The van der Waals surface area contributed by atoms with Gasteiger partial charge in [-0.2, -0.15) is 5.10 Å². The average Bonchev–Trinajstić information content (AvgIpc) is 3.25. The summed E-state index contributed by atoms with van der Waals surface area (Å²) in [7, 11) is -3.04. The molecular formula is C16H19N3O4S2. The number of amides is 1. The molecule has 2 aromatic heterocycles. The van der Waals surface area contributed by atoms with Crippen molar-refractivity contribution in [3.05, 3.63) is 34.2 Å². The van der Waals surface area contributed by atoms with Crippen molar-refractivity contribution in [2.24, 2.45) is 0 Å². The maximum atomic E-state index is 12.2. The van der Waals surface area contributed by atoms with Gasteiger partial charge in [-0.25, -0.2) is 13.1 Å². The van der Waals surface area contributed by atoms with Crippen molar-refractivity contribution in [3.63, 3.8) is 0 Å². The second-order valence-electron chi connectivity index (χ2n) is 6.12. The van der Waals surface area contributed by atoms with Crippen molar-refractivity contribution >= 4 is 38.7 Å². The highest BCUT2D eigenvalue weighted by molar-refractivity contribution is 7.91. The number of anilines is 1. The molecule has 3 rings (SSSR count). The van der Waals surface area contributed by atoms with Gasteiger partial charge in [-0.3, -0.25) is 9.59 Å². The third kappa shape index (κ3) is 4.35. The fourth-order valence-corrected chi connectivity index (χ4v) is 5.24. The summed E-state index contributed by atoms with van der Waals surface area (Å²) in [5.41, 5.74) is 0.703. The number of hydrogen-bond acceptors (Lipinski definition) is 6. The molecule has 1 atom stereocenters. The van der Waals surface area contributed by atoms with E-state index >= 15 is 0 Å². The van der Waals surface area contributed by atoms with Crippen LogP contribution in [-0.4, -0.2) is 41.4 Å². The molecule has 1 aliphatic rings. The summed E-state index contributed by atoms with van der Waals surface area (Å²) in [6.07, 6.45) is 0.699. The highest BCUT2D eigenvalue weighted by atomic mass is 32.2. The molecule has 0 spiro atoms. The standard InChI is InChI=1S/C16H19N3O4S2/c1-11-9-15(19(18-11)12-6-8-25(22,23)10-12)17-16(21)5-4-13(20)14-3-2-7-24-14/h2-3,7,9,12H,4-6,8,10H2,1H3,(H,17,21). The fourth-order valence-electron chi connectivity index (χ4n) is 2.85. The van der Waals surface area contributed by atoms with Crippen LogP contribution in [0.2, 0.25) is 0 Å². The molecule has 0 radical (unpaired) electrons. The second kappa shape index (κ2) is 7.09. The zero-order chi connectivity index (χ0) is 18.0. The first-order valence-corrected chi connectivity index (χ1v) is 10.7. The Morgan fingerprint density at radius 1 is 1.40 bits per heavy atom. The summed E-state index contributed by atoms with van der Waals surface area (Å²) in [6, 6.07) is 4.99. The van der Waals surface area contributed by atoms with Crippen LogP contribution >= 0.6 is 11.3 Å². The summed E-state index contributed by atoms with van der Waals surface area (Å²) in [4.78, 5) is 24.8. The number of rotatable bonds is 6. The molecule has 134 valence electrons. The van der Waals surface area contributed by atoms with E-state index in [1.54, 1.807) is 29.8 Å². The van der Waals surface area contributed by atoms with Crippen LogP contribution in [0.5, 0.6) is 0 Å². The molecular weight excluding hydrogens is 362 g/mol. The van der Waals surface area contributed by atoms with E-state index in [1.165, 1.54) is 11.3 Å². The monoisotopic (exact) mass is 381 g/mol. The minimum Gasteiger partial charge on any atom is -0.311 e. The van der Waals surface area contributed by atoms with Crippen LogP contribution in [0, 0.1) is 6.92 Å². The second-order valence-corrected chi connectivity index (χ2v) is 9.30. The van der Waals surface area contributed by atoms with Crippen LogP contribution in [0.4, 0.5) is 5.82 Å². The highest BCUT2D eigenvalue weighted by Crippen LogP contribution is 2.27. The number of hydrogen-bond donors (Lipinski definition) is 1. The Balaban J connectivity index is 1.63. The maximum Gasteiger partial charge on any atom is 0.225 e. The number of carbonyl (C=O) groups excluding carboxylic acids is 2. The van der Waals surface area contributed by atoms with E-state index in [-0.39, 0.29) is 42.1 Å². The van der Waals surface area contributed by atoms with E-state index in [0.29, 0.717) is 22.8 Å². The lowest BCUT2D eigenvalue weighted by Crippen LogP contribution is -2.20. The Morgan fingerprint density at radius 2 is 2.20 bits per heavy atom. The van der Waals surface area contributed by atoms with Crippen LogP contribution in [-0.2, 0) is 14.6 Å². The average molecular weight is 381 g/mol. The molecule has 0 aromatic carbocycles. The number of Topliss-reactive ketones (excluding diaryl/α,β-unsaturated/α-hetero) is 1. The van der Waals surface area contributed by atoms with E-state index in [4.69, 9.17) is 0 Å². The maximum absolute atomic E-state index is 12.2. The quantitative estimate of drug-likeness (QED) is 0.774. The third-order valence-electron chi connectivity index (χ3n) is 4.05. The van der Waals surface area contributed by atoms with Crippen LogP contribution in [0.3, 0.4) is 0 Å². The number of nitrogens with one attached hydrogen (secondary N) is 1. The van der Waals surface area contributed by atoms with E-state index < -0.39 is 9.84 Å². The molecule has 1 unspecified atom stereocenters. The van der Waals surface area contributed by atoms with Gasteiger partial charge in [0.05, 0.1) is 28.1 Å². The number of ketones is 1. The number of thiophene rings is 1. The SMILES string of the molecule is Cc1cc(NC(=O)CCC(=O)c2cccs2)n(C2CCS(=O)(=O)C2)n1. The first-order valence-electron chi connectivity index (χ1n) is 7.97. The number of aromatic nitrogens is 2. The normalized spacial score (nSPS) is 19.0. The third-order valence-corrected chi connectivity index (χ3v) is 6.72. The zero-order valence-corrected chi connectivity index (χ0v) is 15.4. The Bertz CT molecular complexity index is 885. The Kier molecular flexibility index (Phi) is 5.05. The lowest BCUT2D eigenvalue weighted by Gasteiger charge is -2.13. The molecule has 2 aromatic rings. The summed E-state index contributed by atoms with van der Waals surface area (Å²) in [5.74, 6) is 0.310. The molecule has 1 N–H and O–H groups in total. The van der Waals surface area contributed by atoms with Gasteiger partial charge in [0.1, 0.15) is 5.82 Å². The molecule has 1 aliphatic heterocycles. The number of aryl methyl sites for hydroxylation is 1. The van der Waals surface area contributed by atoms with Crippen LogP contribution in [0.25, 0.3) is 0 Å². The van der Waals surface area contributed by atoms with Crippen molar-refractivity contribution < 1.29 is 18.0 Å². The van der Waals surface area contributed by atoms with Gasteiger partial charge in [-0.15, -0.1) is 11.3 Å². The molecule has 7 nitrogen and oxygen atoms in total. The molecule has 1 fully saturated rings. The molecule has 3 heterocycles. The van der Waals surface area contributed by atoms with Crippen molar-refractivity contribution in [2.45, 2.75) is 32.2 Å². The molecule has 1 amide bonds. The molecule has 0 aliphatic carbocycles. The summed E-state index contributed by atoms with van der Waals surface area (Å²) in [6.45, 7) is 1.79. The number of sulfone groups is 1. The predicted octanol–water partition coefficient (Wildman–Crippen LogP) is 2.21. The van der Waals surface area contributed by atoms with E-state index in [9.17, 15) is 18.0 Å². The molecule has 0 saturated carbocycles. The van der Waals surface area contributed by atoms with Crippen LogP contribution in [0.15, 0.2) is 23.6 Å². The van der Waals surface area contributed by atoms with E-state index in [2.05, 4.69) is 10.4 Å². The van der Waals surface area contributed by atoms with Crippen molar-refractivity contribution in [1.82, 2.24) is 9.78 Å². The topological polar surface area (TPSA) is 98.1 Å². The summed E-state index contributed by atoms with van der Waals surface area (Å²) in [5, 5.41) is 8.90. The summed E-state index contributed by atoms with van der Waals surface area (Å²) >= 11 is 1.36. The lowest BCUT2D eigenvalue weighted by molar-refractivity contribution is -0.116. The van der Waals surface area contributed by atoms with Gasteiger partial charge in [-0.1, -0.05) is 6.07 Å². The molecule has 9 heteroatoms. The van der Waals surface area contributed by atoms with Gasteiger partial charge < -0.3 is 5.32 Å². The minimum atomic E-state index is -3.04. The highest BCUT2D eigenvalue weighted by Gasteiger charge is 2.31. The van der Waals surface area contributed by atoms with Gasteiger partial charge in [0, 0.05) is 18.9 Å². The zero-order valence-electron chi connectivity index (χ0n) is 13.8. The smallest absolute Gasteiger partial charge is 0.225 e. The number of carbonyl (C=O) groups is 2. The van der Waals surface area contributed by atoms with Crippen molar-refractivity contribution in [3.8, 4) is 0 Å². The first kappa shape index (κ1) is 17.8. The largest absolute Gasteiger partial charge is 0.311 e. The summed E-state index contributed by atoms with van der Waals surface area (Å²) < 4.78 is 24.9. The number of nitrogens with zero attached hydrogens (tertiary/aromatic N) is 2. The molecule has 0 bridgehead atoms. The first-order chi connectivity index (χ1) is 11.8. The van der Waals surface area contributed by atoms with Gasteiger partial charge in [-0.05, 0) is 24.8 Å². The predicted molar refractivity (Wildman–Crippen MR) is 95.8 cm³/mol. The van der Waals surface area contributed by atoms with Crippen LogP contribution in [0.1, 0.15) is 40.7 Å². The van der Waals surface area contributed by atoms with Crippen LogP contribution < -0.4 is 5.32 Å². The van der Waals surface area contributed by atoms with E-state index in [0.717, 1.165) is 0 Å². The minimum absolute atomic E-state index is 0.0356. The lowest BCUT2D eigenvalue weighted by atomic mass is 10.2.